The van der Waals surface area contributed by atoms with E-state index in [1.54, 1.807) is 0 Å². The summed E-state index contributed by atoms with van der Waals surface area (Å²) in [5, 5.41) is 5.80. The Morgan fingerprint density at radius 3 is 2.75 bits per heavy atom. The molecule has 4 heteroatoms. The lowest BCUT2D eigenvalue weighted by Gasteiger charge is -2.27. The second kappa shape index (κ2) is 4.60. The standard InChI is InChI=1S/C12H18N2O2/c1-8-6-7-11(16-8)9(2)13-12(15)14-10-4-3-5-10/h6-7,9-10H,3-5H2,1-2H3,(H2,13,14,15). The maximum absolute atomic E-state index is 11.6. The van der Waals surface area contributed by atoms with Crippen molar-refractivity contribution in [2.45, 2.75) is 45.2 Å². The first kappa shape index (κ1) is 11.0. The lowest BCUT2D eigenvalue weighted by molar-refractivity contribution is 0.223. The highest BCUT2D eigenvalue weighted by atomic mass is 16.3. The van der Waals surface area contributed by atoms with Gasteiger partial charge in [-0.15, -0.1) is 0 Å². The first-order chi connectivity index (χ1) is 7.65. The van der Waals surface area contributed by atoms with Crippen molar-refractivity contribution >= 4 is 6.03 Å². The summed E-state index contributed by atoms with van der Waals surface area (Å²) in [4.78, 5) is 11.6. The fraction of sp³-hybridized carbons (Fsp3) is 0.583. The van der Waals surface area contributed by atoms with E-state index in [1.165, 1.54) is 6.42 Å². The van der Waals surface area contributed by atoms with Crippen LogP contribution >= 0.6 is 0 Å². The number of aryl methyl sites for hydroxylation is 1. The van der Waals surface area contributed by atoms with Gasteiger partial charge in [-0.25, -0.2) is 4.79 Å². The molecule has 0 saturated heterocycles. The Morgan fingerprint density at radius 2 is 2.25 bits per heavy atom. The third-order valence-electron chi connectivity index (χ3n) is 2.98. The molecular formula is C12H18N2O2. The van der Waals surface area contributed by atoms with Gasteiger partial charge in [0.05, 0.1) is 6.04 Å². The highest BCUT2D eigenvalue weighted by molar-refractivity contribution is 5.74. The normalized spacial score (nSPS) is 17.6. The minimum atomic E-state index is -0.105. The molecule has 88 valence electrons. The minimum Gasteiger partial charge on any atom is -0.464 e. The number of rotatable bonds is 3. The predicted octanol–water partition coefficient (Wildman–Crippen LogP) is 2.50. The number of nitrogens with one attached hydrogen (secondary N) is 2. The van der Waals surface area contributed by atoms with E-state index < -0.39 is 0 Å². The molecule has 4 nitrogen and oxygen atoms in total. The summed E-state index contributed by atoms with van der Waals surface area (Å²) < 4.78 is 5.45. The first-order valence-corrected chi connectivity index (χ1v) is 5.78. The quantitative estimate of drug-likeness (QED) is 0.825. The molecule has 0 aliphatic heterocycles. The monoisotopic (exact) mass is 222 g/mol. The van der Waals surface area contributed by atoms with Gasteiger partial charge in [0.1, 0.15) is 11.5 Å². The second-order valence-electron chi connectivity index (χ2n) is 4.42. The Balaban J connectivity index is 1.81. The molecule has 0 radical (unpaired) electrons. The molecule has 2 amide bonds. The van der Waals surface area contributed by atoms with Crippen molar-refractivity contribution in [2.75, 3.05) is 0 Å². The Bertz CT molecular complexity index is 369. The molecule has 1 aliphatic carbocycles. The van der Waals surface area contributed by atoms with E-state index in [1.807, 2.05) is 26.0 Å². The van der Waals surface area contributed by atoms with Crippen LogP contribution in [0.3, 0.4) is 0 Å². The van der Waals surface area contributed by atoms with Gasteiger partial charge in [-0.1, -0.05) is 0 Å². The lowest BCUT2D eigenvalue weighted by Crippen LogP contribution is -2.45. The number of hydrogen-bond acceptors (Lipinski definition) is 2. The predicted molar refractivity (Wildman–Crippen MR) is 61.2 cm³/mol. The highest BCUT2D eigenvalue weighted by Crippen LogP contribution is 2.18. The molecule has 1 aromatic heterocycles. The van der Waals surface area contributed by atoms with Crippen LogP contribution in [0.5, 0.6) is 0 Å². The van der Waals surface area contributed by atoms with E-state index in [9.17, 15) is 4.79 Å². The third kappa shape index (κ3) is 2.56. The van der Waals surface area contributed by atoms with Crippen LogP contribution < -0.4 is 10.6 Å². The lowest BCUT2D eigenvalue weighted by atomic mass is 9.93. The summed E-state index contributed by atoms with van der Waals surface area (Å²) in [6, 6.07) is 3.96. The molecule has 1 atom stereocenters. The summed E-state index contributed by atoms with van der Waals surface area (Å²) in [5.74, 6) is 1.66. The van der Waals surface area contributed by atoms with E-state index in [2.05, 4.69) is 10.6 Å². The minimum absolute atomic E-state index is 0.0891. The maximum atomic E-state index is 11.6. The molecule has 2 N–H and O–H groups in total. The fourth-order valence-corrected chi connectivity index (χ4v) is 1.73. The van der Waals surface area contributed by atoms with Gasteiger partial charge in [-0.05, 0) is 45.2 Å². The van der Waals surface area contributed by atoms with Crippen LogP contribution in [0.2, 0.25) is 0 Å². The number of carbonyl (C=O) groups excluding carboxylic acids is 1. The van der Waals surface area contributed by atoms with Gasteiger partial charge < -0.3 is 15.1 Å². The average Bonchev–Trinajstić information content (AvgIpc) is 2.58. The Labute approximate surface area is 95.4 Å². The van der Waals surface area contributed by atoms with Gasteiger partial charge in [0.25, 0.3) is 0 Å². The van der Waals surface area contributed by atoms with Gasteiger partial charge in [-0.2, -0.15) is 0 Å². The topological polar surface area (TPSA) is 54.3 Å². The highest BCUT2D eigenvalue weighted by Gasteiger charge is 2.20. The number of furan rings is 1. The van der Waals surface area contributed by atoms with Crippen molar-refractivity contribution in [3.05, 3.63) is 23.7 Å². The van der Waals surface area contributed by atoms with Crippen LogP contribution in [-0.4, -0.2) is 12.1 Å². The molecule has 0 spiro atoms. The number of carbonyl (C=O) groups is 1. The molecule has 16 heavy (non-hydrogen) atoms. The van der Waals surface area contributed by atoms with Crippen molar-refractivity contribution in [3.8, 4) is 0 Å². The van der Waals surface area contributed by atoms with Crippen LogP contribution in [0, 0.1) is 6.92 Å². The molecule has 1 unspecified atom stereocenters. The van der Waals surface area contributed by atoms with E-state index in [0.717, 1.165) is 24.4 Å². The third-order valence-corrected chi connectivity index (χ3v) is 2.98. The summed E-state index contributed by atoms with van der Waals surface area (Å²) in [5.41, 5.74) is 0. The number of hydrogen-bond donors (Lipinski definition) is 2. The molecule has 0 bridgehead atoms. The molecule has 1 aromatic rings. The molecule has 2 rings (SSSR count). The summed E-state index contributed by atoms with van der Waals surface area (Å²) >= 11 is 0. The first-order valence-electron chi connectivity index (χ1n) is 5.78. The van der Waals surface area contributed by atoms with Crippen molar-refractivity contribution in [3.63, 3.8) is 0 Å². The number of urea groups is 1. The van der Waals surface area contributed by atoms with E-state index in [4.69, 9.17) is 4.42 Å². The average molecular weight is 222 g/mol. The van der Waals surface area contributed by atoms with Gasteiger partial charge in [0.15, 0.2) is 0 Å². The van der Waals surface area contributed by atoms with Crippen LogP contribution in [-0.2, 0) is 0 Å². The maximum Gasteiger partial charge on any atom is 0.315 e. The van der Waals surface area contributed by atoms with E-state index in [-0.39, 0.29) is 12.1 Å². The fourth-order valence-electron chi connectivity index (χ4n) is 1.73. The van der Waals surface area contributed by atoms with E-state index in [0.29, 0.717) is 6.04 Å². The van der Waals surface area contributed by atoms with Crippen molar-refractivity contribution < 1.29 is 9.21 Å². The van der Waals surface area contributed by atoms with Crippen LogP contribution in [0.4, 0.5) is 4.79 Å². The molecular weight excluding hydrogens is 204 g/mol. The zero-order valence-electron chi connectivity index (χ0n) is 9.75. The largest absolute Gasteiger partial charge is 0.464 e. The zero-order valence-corrected chi connectivity index (χ0v) is 9.75. The van der Waals surface area contributed by atoms with Gasteiger partial charge in [-0.3, -0.25) is 0 Å². The summed E-state index contributed by atoms with van der Waals surface area (Å²) in [6.07, 6.45) is 3.42. The van der Waals surface area contributed by atoms with E-state index >= 15 is 0 Å². The molecule has 1 heterocycles. The smallest absolute Gasteiger partial charge is 0.315 e. The molecule has 1 saturated carbocycles. The van der Waals surface area contributed by atoms with Crippen molar-refractivity contribution in [1.82, 2.24) is 10.6 Å². The Kier molecular flexibility index (Phi) is 3.17. The van der Waals surface area contributed by atoms with Crippen molar-refractivity contribution in [2.24, 2.45) is 0 Å². The van der Waals surface area contributed by atoms with Crippen molar-refractivity contribution in [1.29, 1.82) is 0 Å². The SMILES string of the molecule is Cc1ccc(C(C)NC(=O)NC2CCC2)o1. The Hall–Kier alpha value is -1.45. The van der Waals surface area contributed by atoms with Crippen LogP contribution in [0.1, 0.15) is 43.7 Å². The van der Waals surface area contributed by atoms with Gasteiger partial charge in [0.2, 0.25) is 0 Å². The number of amides is 2. The second-order valence-corrected chi connectivity index (χ2v) is 4.42. The van der Waals surface area contributed by atoms with Crippen LogP contribution in [0.25, 0.3) is 0 Å². The molecule has 0 aromatic carbocycles. The van der Waals surface area contributed by atoms with Gasteiger partial charge >= 0.3 is 6.03 Å². The van der Waals surface area contributed by atoms with Gasteiger partial charge in [0, 0.05) is 6.04 Å². The molecule has 1 aliphatic rings. The van der Waals surface area contributed by atoms with Crippen LogP contribution in [0.15, 0.2) is 16.5 Å². The molecule has 1 fully saturated rings. The Morgan fingerprint density at radius 1 is 1.50 bits per heavy atom. The zero-order chi connectivity index (χ0) is 11.5. The summed E-state index contributed by atoms with van der Waals surface area (Å²) in [7, 11) is 0. The summed E-state index contributed by atoms with van der Waals surface area (Å²) in [6.45, 7) is 3.81.